The molecule has 0 atom stereocenters. The normalized spacial score (nSPS) is 16.1. The molecule has 20 heavy (non-hydrogen) atoms. The van der Waals surface area contributed by atoms with Crippen LogP contribution in [0.25, 0.3) is 0 Å². The van der Waals surface area contributed by atoms with Gasteiger partial charge in [0.05, 0.1) is 17.6 Å². The molecule has 1 aromatic rings. The molecule has 0 saturated carbocycles. The molecule has 7 heteroatoms. The van der Waals surface area contributed by atoms with E-state index in [1.54, 1.807) is 13.0 Å². The Hall–Kier alpha value is -1.73. The van der Waals surface area contributed by atoms with Gasteiger partial charge in [-0.05, 0) is 38.9 Å². The van der Waals surface area contributed by atoms with E-state index >= 15 is 0 Å². The minimum Gasteiger partial charge on any atom is -0.376 e. The van der Waals surface area contributed by atoms with Crippen LogP contribution in [0.3, 0.4) is 0 Å². The van der Waals surface area contributed by atoms with Crippen molar-refractivity contribution in [2.24, 2.45) is 0 Å². The number of nitrogens with zero attached hydrogens (tertiary/aromatic N) is 2. The van der Waals surface area contributed by atoms with Crippen molar-refractivity contribution in [3.8, 4) is 0 Å². The molecule has 1 aliphatic rings. The van der Waals surface area contributed by atoms with Crippen LogP contribution < -0.4 is 10.6 Å². The molecule has 110 valence electrons. The standard InChI is InChI=1S/C13H20N4O3/c1-10-2-3-12(17(18)19)13(16-10)15-8-9-20-11-4-6-14-7-5-11/h2-3,11,14H,4-9H2,1H3,(H,15,16). The Labute approximate surface area is 117 Å². The Morgan fingerprint density at radius 2 is 2.25 bits per heavy atom. The number of rotatable bonds is 6. The summed E-state index contributed by atoms with van der Waals surface area (Å²) in [6, 6.07) is 3.10. The lowest BCUT2D eigenvalue weighted by Crippen LogP contribution is -2.33. The Balaban J connectivity index is 1.81. The molecule has 1 saturated heterocycles. The van der Waals surface area contributed by atoms with Gasteiger partial charge in [-0.1, -0.05) is 0 Å². The summed E-state index contributed by atoms with van der Waals surface area (Å²) >= 11 is 0. The van der Waals surface area contributed by atoms with Gasteiger partial charge in [0.25, 0.3) is 0 Å². The van der Waals surface area contributed by atoms with Crippen LogP contribution in [0.5, 0.6) is 0 Å². The lowest BCUT2D eigenvalue weighted by atomic mass is 10.1. The molecule has 2 N–H and O–H groups in total. The van der Waals surface area contributed by atoms with Crippen molar-refractivity contribution in [3.05, 3.63) is 27.9 Å². The predicted octanol–water partition coefficient (Wildman–Crippen LogP) is 1.48. The minimum absolute atomic E-state index is 0.00235. The zero-order valence-corrected chi connectivity index (χ0v) is 11.6. The second kappa shape index (κ2) is 7.16. The van der Waals surface area contributed by atoms with E-state index in [9.17, 15) is 10.1 Å². The van der Waals surface area contributed by atoms with Crippen molar-refractivity contribution in [2.75, 3.05) is 31.6 Å². The second-order valence-electron chi connectivity index (χ2n) is 4.82. The highest BCUT2D eigenvalue weighted by atomic mass is 16.6. The number of nitro groups is 1. The third kappa shape index (κ3) is 4.14. The maximum absolute atomic E-state index is 10.9. The van der Waals surface area contributed by atoms with Gasteiger partial charge in [-0.3, -0.25) is 10.1 Å². The number of anilines is 1. The Bertz CT molecular complexity index is 461. The second-order valence-corrected chi connectivity index (χ2v) is 4.82. The predicted molar refractivity (Wildman–Crippen MR) is 76.0 cm³/mol. The number of piperidine rings is 1. The summed E-state index contributed by atoms with van der Waals surface area (Å²) in [5.74, 6) is 0.309. The zero-order valence-electron chi connectivity index (χ0n) is 11.6. The average Bonchev–Trinajstić information content (AvgIpc) is 2.44. The molecular weight excluding hydrogens is 260 g/mol. The smallest absolute Gasteiger partial charge is 0.311 e. The SMILES string of the molecule is Cc1ccc([N+](=O)[O-])c(NCCOC2CCNCC2)n1. The topological polar surface area (TPSA) is 89.3 Å². The summed E-state index contributed by atoms with van der Waals surface area (Å²) in [6.45, 7) is 4.82. The van der Waals surface area contributed by atoms with Crippen LogP contribution in [0.1, 0.15) is 18.5 Å². The molecule has 0 bridgehead atoms. The average molecular weight is 280 g/mol. The number of aryl methyl sites for hydroxylation is 1. The Morgan fingerprint density at radius 1 is 1.50 bits per heavy atom. The molecule has 0 amide bonds. The molecule has 2 rings (SSSR count). The summed E-state index contributed by atoms with van der Waals surface area (Å²) in [6.07, 6.45) is 2.32. The third-order valence-electron chi connectivity index (χ3n) is 3.24. The molecule has 7 nitrogen and oxygen atoms in total. The molecule has 0 radical (unpaired) electrons. The quantitative estimate of drug-likeness (QED) is 0.466. The number of hydrogen-bond donors (Lipinski definition) is 2. The van der Waals surface area contributed by atoms with Crippen molar-refractivity contribution in [1.82, 2.24) is 10.3 Å². The van der Waals surface area contributed by atoms with Gasteiger partial charge in [0.2, 0.25) is 5.82 Å². The third-order valence-corrected chi connectivity index (χ3v) is 3.24. The maximum atomic E-state index is 10.9. The minimum atomic E-state index is -0.428. The van der Waals surface area contributed by atoms with Crippen LogP contribution in [-0.4, -0.2) is 42.3 Å². The summed E-state index contributed by atoms with van der Waals surface area (Å²) < 4.78 is 5.74. The first kappa shape index (κ1) is 14.7. The number of hydrogen-bond acceptors (Lipinski definition) is 6. The highest BCUT2D eigenvalue weighted by Gasteiger charge is 2.16. The summed E-state index contributed by atoms with van der Waals surface area (Å²) in [5, 5.41) is 17.2. The molecule has 0 aromatic carbocycles. The van der Waals surface area contributed by atoms with Crippen LogP contribution >= 0.6 is 0 Å². The molecular formula is C13H20N4O3. The first-order valence-corrected chi connectivity index (χ1v) is 6.85. The summed E-state index contributed by atoms with van der Waals surface area (Å²) in [5.41, 5.74) is 0.745. The summed E-state index contributed by atoms with van der Waals surface area (Å²) in [7, 11) is 0. The van der Waals surface area contributed by atoms with Crippen LogP contribution in [-0.2, 0) is 4.74 Å². The number of aromatic nitrogens is 1. The molecule has 2 heterocycles. The number of pyridine rings is 1. The fourth-order valence-corrected chi connectivity index (χ4v) is 2.18. The van der Waals surface area contributed by atoms with Gasteiger partial charge < -0.3 is 15.4 Å². The van der Waals surface area contributed by atoms with Crippen molar-refractivity contribution >= 4 is 11.5 Å². The van der Waals surface area contributed by atoms with Gasteiger partial charge in [-0.25, -0.2) is 4.98 Å². The van der Waals surface area contributed by atoms with E-state index in [0.29, 0.717) is 25.1 Å². The first-order valence-electron chi connectivity index (χ1n) is 6.85. The van der Waals surface area contributed by atoms with Gasteiger partial charge in [-0.15, -0.1) is 0 Å². The van der Waals surface area contributed by atoms with E-state index in [2.05, 4.69) is 15.6 Å². The van der Waals surface area contributed by atoms with E-state index in [-0.39, 0.29) is 5.69 Å². The van der Waals surface area contributed by atoms with Crippen LogP contribution in [0, 0.1) is 17.0 Å². The van der Waals surface area contributed by atoms with E-state index in [1.807, 2.05) is 0 Å². The largest absolute Gasteiger partial charge is 0.376 e. The molecule has 0 unspecified atom stereocenters. The lowest BCUT2D eigenvalue weighted by Gasteiger charge is -2.23. The maximum Gasteiger partial charge on any atom is 0.311 e. The fourth-order valence-electron chi connectivity index (χ4n) is 2.18. The van der Waals surface area contributed by atoms with Crippen LogP contribution in [0.15, 0.2) is 12.1 Å². The Kier molecular flexibility index (Phi) is 5.25. The highest BCUT2D eigenvalue weighted by Crippen LogP contribution is 2.21. The highest BCUT2D eigenvalue weighted by molar-refractivity contribution is 5.55. The van der Waals surface area contributed by atoms with Crippen molar-refractivity contribution in [1.29, 1.82) is 0 Å². The molecule has 1 fully saturated rings. The van der Waals surface area contributed by atoms with E-state index < -0.39 is 4.92 Å². The molecule has 0 spiro atoms. The summed E-state index contributed by atoms with van der Waals surface area (Å²) in [4.78, 5) is 14.6. The van der Waals surface area contributed by atoms with Gasteiger partial charge in [0.1, 0.15) is 0 Å². The van der Waals surface area contributed by atoms with Crippen molar-refractivity contribution < 1.29 is 9.66 Å². The van der Waals surface area contributed by atoms with Gasteiger partial charge in [0.15, 0.2) is 0 Å². The zero-order chi connectivity index (χ0) is 14.4. The fraction of sp³-hybridized carbons (Fsp3) is 0.615. The van der Waals surface area contributed by atoms with Crippen LogP contribution in [0.2, 0.25) is 0 Å². The van der Waals surface area contributed by atoms with E-state index in [1.165, 1.54) is 6.07 Å². The number of ether oxygens (including phenoxy) is 1. The van der Waals surface area contributed by atoms with Crippen molar-refractivity contribution in [3.63, 3.8) is 0 Å². The molecule has 0 aliphatic carbocycles. The number of nitrogens with one attached hydrogen (secondary N) is 2. The lowest BCUT2D eigenvalue weighted by molar-refractivity contribution is -0.384. The van der Waals surface area contributed by atoms with Gasteiger partial charge in [0, 0.05) is 18.3 Å². The molecule has 1 aliphatic heterocycles. The monoisotopic (exact) mass is 280 g/mol. The Morgan fingerprint density at radius 3 is 2.95 bits per heavy atom. The van der Waals surface area contributed by atoms with Crippen molar-refractivity contribution in [2.45, 2.75) is 25.9 Å². The first-order chi connectivity index (χ1) is 9.66. The molecule has 1 aromatic heterocycles. The van der Waals surface area contributed by atoms with Crippen LogP contribution in [0.4, 0.5) is 11.5 Å². The van der Waals surface area contributed by atoms with E-state index in [0.717, 1.165) is 31.6 Å². The van der Waals surface area contributed by atoms with Gasteiger partial charge >= 0.3 is 5.69 Å². The van der Waals surface area contributed by atoms with Gasteiger partial charge in [-0.2, -0.15) is 0 Å². The van der Waals surface area contributed by atoms with E-state index in [4.69, 9.17) is 4.74 Å².